The van der Waals surface area contributed by atoms with E-state index < -0.39 is 58.6 Å². The second-order valence-electron chi connectivity index (χ2n) is 14.6. The molecule has 0 spiro atoms. The van der Waals surface area contributed by atoms with Gasteiger partial charge in [0, 0.05) is 5.92 Å². The first-order valence-corrected chi connectivity index (χ1v) is 16.4. The fourth-order valence-electron chi connectivity index (χ4n) is 10.1. The number of carboxylic acids is 1. The molecule has 4 N–H and O–H groups in total. The van der Waals surface area contributed by atoms with Crippen LogP contribution < -0.4 is 0 Å². The third-order valence-electron chi connectivity index (χ3n) is 12.5. The highest BCUT2D eigenvalue weighted by atomic mass is 32.3. The molecular weight excluding hydrogens is 568 g/mol. The molecule has 11 nitrogen and oxygen atoms in total. The largest absolute Gasteiger partial charge is 0.479 e. The zero-order valence-corrected chi connectivity index (χ0v) is 26.1. The van der Waals surface area contributed by atoms with Crippen LogP contribution in [-0.4, -0.2) is 76.9 Å². The first-order chi connectivity index (χ1) is 19.3. The first-order valence-electron chi connectivity index (χ1n) is 15.1. The smallest absolute Gasteiger partial charge is 0.397 e. The lowest BCUT2D eigenvalue weighted by molar-refractivity contribution is -0.316. The molecule has 0 aromatic heterocycles. The van der Waals surface area contributed by atoms with E-state index in [1.807, 2.05) is 0 Å². The molecule has 1 unspecified atom stereocenters. The number of aliphatic carboxylic acids is 1. The van der Waals surface area contributed by atoms with E-state index in [4.69, 9.17) is 9.47 Å². The third kappa shape index (κ3) is 4.71. The van der Waals surface area contributed by atoms with Crippen molar-refractivity contribution >= 4 is 22.2 Å². The molecule has 1 aliphatic heterocycles. The molecule has 1 heterocycles. The van der Waals surface area contributed by atoms with Crippen molar-refractivity contribution < 1.29 is 51.5 Å². The minimum Gasteiger partial charge on any atom is -0.479 e. The summed E-state index contributed by atoms with van der Waals surface area (Å²) in [6.45, 7) is 13.0. The fraction of sp³-hybridized carbons (Fsp3) is 0.867. The van der Waals surface area contributed by atoms with Crippen LogP contribution in [0.15, 0.2) is 11.1 Å². The molecular formula is C30H46O11S. The van der Waals surface area contributed by atoms with Crippen molar-refractivity contribution in [2.45, 2.75) is 130 Å². The van der Waals surface area contributed by atoms with E-state index in [1.54, 1.807) is 6.92 Å². The Morgan fingerprint density at radius 1 is 0.929 bits per heavy atom. The average molecular weight is 615 g/mol. The summed E-state index contributed by atoms with van der Waals surface area (Å²) in [4.78, 5) is 24.4. The maximum absolute atomic E-state index is 12.6. The molecule has 0 aromatic rings. The number of rotatable bonds is 6. The van der Waals surface area contributed by atoms with Crippen LogP contribution in [0.25, 0.3) is 0 Å². The Kier molecular flexibility index (Phi) is 7.86. The molecule has 3 fully saturated rings. The van der Waals surface area contributed by atoms with E-state index in [0.29, 0.717) is 6.42 Å². The Bertz CT molecular complexity index is 1280. The van der Waals surface area contributed by atoms with Gasteiger partial charge in [-0.05, 0) is 85.9 Å². The summed E-state index contributed by atoms with van der Waals surface area (Å²) in [7, 11) is -5.13. The van der Waals surface area contributed by atoms with Crippen molar-refractivity contribution in [2.75, 3.05) is 0 Å². The van der Waals surface area contributed by atoms with Gasteiger partial charge >= 0.3 is 16.4 Å². The van der Waals surface area contributed by atoms with E-state index in [2.05, 4.69) is 38.8 Å². The van der Waals surface area contributed by atoms with Crippen molar-refractivity contribution in [3.63, 3.8) is 0 Å². The van der Waals surface area contributed by atoms with E-state index in [-0.39, 0.29) is 33.9 Å². The highest BCUT2D eigenvalue weighted by Gasteiger charge is 2.64. The fourth-order valence-corrected chi connectivity index (χ4v) is 10.6. The highest BCUT2D eigenvalue weighted by molar-refractivity contribution is 7.80. The topological polar surface area (TPSA) is 177 Å². The van der Waals surface area contributed by atoms with Crippen LogP contribution in [0.4, 0.5) is 0 Å². The normalized spacial score (nSPS) is 46.9. The molecule has 0 amide bonds. The summed E-state index contributed by atoms with van der Waals surface area (Å²) < 4.78 is 48.1. The highest BCUT2D eigenvalue weighted by Crippen LogP contribution is 2.71. The number of carboxylic acid groups (broad SMARTS) is 1. The van der Waals surface area contributed by atoms with Crippen molar-refractivity contribution in [3.05, 3.63) is 11.1 Å². The second kappa shape index (κ2) is 10.3. The molecule has 5 aliphatic rings. The zero-order chi connectivity index (χ0) is 31.2. The lowest BCUT2D eigenvalue weighted by Crippen LogP contribution is -2.63. The summed E-state index contributed by atoms with van der Waals surface area (Å²) in [6.07, 6.45) is -2.87. The van der Waals surface area contributed by atoms with E-state index in [0.717, 1.165) is 44.9 Å². The van der Waals surface area contributed by atoms with Crippen LogP contribution in [0.5, 0.6) is 0 Å². The number of carbonyl (C=O) groups is 2. The molecule has 0 aromatic carbocycles. The van der Waals surface area contributed by atoms with Gasteiger partial charge in [-0.25, -0.2) is 8.98 Å². The molecule has 5 rings (SSSR count). The molecule has 42 heavy (non-hydrogen) atoms. The second-order valence-corrected chi connectivity index (χ2v) is 15.7. The van der Waals surface area contributed by atoms with Gasteiger partial charge in [-0.3, -0.25) is 9.35 Å². The zero-order valence-electron chi connectivity index (χ0n) is 25.3. The summed E-state index contributed by atoms with van der Waals surface area (Å²) in [5.41, 5.74) is 2.44. The monoisotopic (exact) mass is 614 g/mol. The number of ether oxygens (including phenoxy) is 2. The molecule has 238 valence electrons. The average Bonchev–Trinajstić information content (AvgIpc) is 3.15. The van der Waals surface area contributed by atoms with Gasteiger partial charge in [-0.15, -0.1) is 0 Å². The van der Waals surface area contributed by atoms with Gasteiger partial charge < -0.3 is 24.8 Å². The standard InChI is InChI=1S/C30H46O11S/c1-15(31)16-9-13-30(6)18-7-8-19-27(2,3)20(11-12-28(19,4)17(18)10-14-29(16,30)5)39-26-22(33)23(41-42(36,37)38)21(32)24(40-26)25(34)35/h16,19-24,26,32-33H,7-14H2,1-6H3,(H,34,35)(H,36,37,38)/t16-,19+,20?,21+,22-,23+,24+,26-,28-,29-,30+/m1/s1. The number of hydrogen-bond acceptors (Lipinski definition) is 9. The van der Waals surface area contributed by atoms with E-state index in [1.165, 1.54) is 11.1 Å². The van der Waals surface area contributed by atoms with E-state index in [9.17, 15) is 37.9 Å². The molecule has 0 bridgehead atoms. The maximum Gasteiger partial charge on any atom is 0.397 e. The number of hydrogen-bond donors (Lipinski definition) is 4. The predicted molar refractivity (Wildman–Crippen MR) is 149 cm³/mol. The Morgan fingerprint density at radius 2 is 1.60 bits per heavy atom. The molecule has 0 radical (unpaired) electrons. The lowest BCUT2D eigenvalue weighted by atomic mass is 9.43. The number of ketones is 1. The number of aliphatic hydroxyl groups excluding tert-OH is 2. The van der Waals surface area contributed by atoms with Gasteiger partial charge in [0.2, 0.25) is 0 Å². The van der Waals surface area contributed by atoms with Crippen LogP contribution >= 0.6 is 0 Å². The van der Waals surface area contributed by atoms with Gasteiger partial charge in [-0.1, -0.05) is 45.8 Å². The number of aliphatic hydroxyl groups is 2. The minimum absolute atomic E-state index is 0.0167. The molecule has 2 saturated carbocycles. The van der Waals surface area contributed by atoms with Crippen LogP contribution in [0.2, 0.25) is 0 Å². The summed E-state index contributed by atoms with van der Waals surface area (Å²) in [5, 5.41) is 30.8. The van der Waals surface area contributed by atoms with Crippen molar-refractivity contribution in [1.82, 2.24) is 0 Å². The van der Waals surface area contributed by atoms with Gasteiger partial charge in [-0.2, -0.15) is 8.42 Å². The SMILES string of the molecule is CC(=O)[C@H]1CC[C@@]2(C)C3=C(CC[C@]12C)[C@@]1(C)CCC(O[C@@H]2O[C@H](C(=O)O)[C@@H](O)[C@H](OS(=O)(=O)O)[C@H]2O)C(C)(C)[C@@H]1CC3. The Labute approximate surface area is 247 Å². The van der Waals surface area contributed by atoms with Crippen LogP contribution in [0.3, 0.4) is 0 Å². The maximum atomic E-state index is 12.6. The number of allylic oxidation sites excluding steroid dienone is 2. The minimum atomic E-state index is -5.13. The predicted octanol–water partition coefficient (Wildman–Crippen LogP) is 3.43. The third-order valence-corrected chi connectivity index (χ3v) is 13.0. The van der Waals surface area contributed by atoms with Crippen LogP contribution in [0, 0.1) is 33.5 Å². The van der Waals surface area contributed by atoms with Gasteiger partial charge in [0.05, 0.1) is 6.10 Å². The molecule has 1 saturated heterocycles. The number of Topliss-reactive ketones (excluding diaryl/α,β-unsaturated/α-hetero) is 1. The summed E-state index contributed by atoms with van der Waals surface area (Å²) in [5.74, 6) is -1.01. The number of fused-ring (bicyclic) bond motifs is 4. The van der Waals surface area contributed by atoms with Gasteiger partial charge in [0.15, 0.2) is 12.4 Å². The van der Waals surface area contributed by atoms with Gasteiger partial charge in [0.1, 0.15) is 24.1 Å². The molecule has 4 aliphatic carbocycles. The Balaban J connectivity index is 1.41. The van der Waals surface area contributed by atoms with Crippen molar-refractivity contribution in [3.8, 4) is 0 Å². The van der Waals surface area contributed by atoms with Crippen LogP contribution in [0.1, 0.15) is 92.9 Å². The van der Waals surface area contributed by atoms with Gasteiger partial charge in [0.25, 0.3) is 0 Å². The Hall–Kier alpha value is -1.41. The lowest BCUT2D eigenvalue weighted by Gasteiger charge is -2.62. The molecule has 11 atom stereocenters. The van der Waals surface area contributed by atoms with Crippen LogP contribution in [-0.2, 0) is 33.6 Å². The summed E-state index contributed by atoms with van der Waals surface area (Å²) >= 11 is 0. The van der Waals surface area contributed by atoms with Crippen molar-refractivity contribution in [2.24, 2.45) is 33.5 Å². The Morgan fingerprint density at radius 3 is 2.19 bits per heavy atom. The quantitative estimate of drug-likeness (QED) is 0.255. The van der Waals surface area contributed by atoms with E-state index >= 15 is 0 Å². The summed E-state index contributed by atoms with van der Waals surface area (Å²) in [6, 6.07) is 0. The molecule has 12 heteroatoms. The van der Waals surface area contributed by atoms with Crippen molar-refractivity contribution in [1.29, 1.82) is 0 Å². The first kappa shape index (κ1) is 32.0. The number of carbonyl (C=O) groups excluding carboxylic acids is 1.